The van der Waals surface area contributed by atoms with Crippen LogP contribution in [0.5, 0.6) is 0 Å². The van der Waals surface area contributed by atoms with Gasteiger partial charge in [-0.3, -0.25) is 0 Å². The van der Waals surface area contributed by atoms with Gasteiger partial charge in [-0.1, -0.05) is 0 Å². The second kappa shape index (κ2) is 11.8. The van der Waals surface area contributed by atoms with E-state index < -0.39 is 0 Å². The van der Waals surface area contributed by atoms with Crippen LogP contribution < -0.4 is 9.80 Å². The van der Waals surface area contributed by atoms with Crippen LogP contribution in [0, 0.1) is 0 Å². The van der Waals surface area contributed by atoms with Crippen molar-refractivity contribution in [1.29, 1.82) is 0 Å². The number of benzene rings is 1. The fraction of sp³-hybridized carbons (Fsp3) is 0.600. The van der Waals surface area contributed by atoms with Crippen molar-refractivity contribution < 1.29 is 0 Å². The summed E-state index contributed by atoms with van der Waals surface area (Å²) in [6, 6.07) is 6.28. The highest BCUT2D eigenvalue weighted by Gasteiger charge is 2.12. The van der Waals surface area contributed by atoms with Crippen molar-refractivity contribution in [2.24, 2.45) is 0 Å². The van der Waals surface area contributed by atoms with Crippen molar-refractivity contribution in [3.63, 3.8) is 0 Å². The van der Waals surface area contributed by atoms with E-state index in [2.05, 4.69) is 28.0 Å². The Labute approximate surface area is 158 Å². The first kappa shape index (κ1) is 20.3. The fourth-order valence-corrected chi connectivity index (χ4v) is 3.22. The Hall–Kier alpha value is 0.270. The molecule has 0 fully saturated rings. The first-order chi connectivity index (χ1) is 10.7. The predicted molar refractivity (Wildman–Crippen MR) is 103 cm³/mol. The number of halogens is 5. The molecule has 0 spiro atoms. The third kappa shape index (κ3) is 6.41. The van der Waals surface area contributed by atoms with Crippen LogP contribution in [0.3, 0.4) is 0 Å². The van der Waals surface area contributed by atoms with E-state index in [4.69, 9.17) is 58.0 Å². The molecule has 0 bridgehead atoms. The van der Waals surface area contributed by atoms with E-state index >= 15 is 0 Å². The number of hydrogen-bond donors (Lipinski definition) is 0. The summed E-state index contributed by atoms with van der Waals surface area (Å²) in [5.74, 6) is 2.63. The molecule has 1 rings (SSSR count). The summed E-state index contributed by atoms with van der Waals surface area (Å²) in [6.45, 7) is 2.96. The highest BCUT2D eigenvalue weighted by molar-refractivity contribution is 6.19. The van der Waals surface area contributed by atoms with E-state index in [1.54, 1.807) is 0 Å². The van der Waals surface area contributed by atoms with Gasteiger partial charge in [-0.05, 0) is 23.8 Å². The minimum absolute atomic E-state index is 0.450. The van der Waals surface area contributed by atoms with Crippen LogP contribution in [0.25, 0.3) is 0 Å². The summed E-state index contributed by atoms with van der Waals surface area (Å²) in [7, 11) is 0. The topological polar surface area (TPSA) is 6.48 Å². The van der Waals surface area contributed by atoms with Gasteiger partial charge in [0.1, 0.15) is 0 Å². The van der Waals surface area contributed by atoms with Gasteiger partial charge in [-0.25, -0.2) is 0 Å². The molecule has 0 aliphatic rings. The van der Waals surface area contributed by atoms with Crippen LogP contribution in [-0.2, 0) is 5.88 Å². The number of nitrogens with zero attached hydrogens (tertiary/aromatic N) is 2. The van der Waals surface area contributed by atoms with E-state index in [1.165, 1.54) is 0 Å². The van der Waals surface area contributed by atoms with Gasteiger partial charge >= 0.3 is 0 Å². The molecule has 0 saturated heterocycles. The number of rotatable bonds is 11. The molecule has 1 aromatic rings. The van der Waals surface area contributed by atoms with Crippen LogP contribution in [0.2, 0.25) is 0 Å². The normalized spacial score (nSPS) is 10.8. The van der Waals surface area contributed by atoms with Crippen molar-refractivity contribution in [2.75, 3.05) is 59.5 Å². The van der Waals surface area contributed by atoms with Gasteiger partial charge in [0.05, 0.1) is 0 Å². The fourth-order valence-electron chi connectivity index (χ4n) is 2.25. The van der Waals surface area contributed by atoms with Crippen molar-refractivity contribution >= 4 is 69.4 Å². The molecule has 0 atom stereocenters. The third-order valence-corrected chi connectivity index (χ3v) is 4.25. The average molecular weight is 407 g/mol. The van der Waals surface area contributed by atoms with Gasteiger partial charge in [-0.2, -0.15) is 0 Å². The molecule has 0 radical (unpaired) electrons. The van der Waals surface area contributed by atoms with Crippen molar-refractivity contribution in [3.05, 3.63) is 23.8 Å². The maximum absolute atomic E-state index is 6.05. The molecule has 0 unspecified atom stereocenters. The molecule has 0 saturated carbocycles. The SMILES string of the molecule is ClCCN(CCCl)c1cc(CCl)cc(N(CCCl)CCCl)c1. The average Bonchev–Trinajstić information content (AvgIpc) is 2.54. The van der Waals surface area contributed by atoms with Crippen LogP contribution in [-0.4, -0.2) is 49.7 Å². The van der Waals surface area contributed by atoms with E-state index in [1.807, 2.05) is 0 Å². The lowest BCUT2D eigenvalue weighted by atomic mass is 10.1. The molecule has 0 aromatic heterocycles. The van der Waals surface area contributed by atoms with Gasteiger partial charge in [0.15, 0.2) is 0 Å². The summed E-state index contributed by atoms with van der Waals surface area (Å²) in [6.07, 6.45) is 0. The summed E-state index contributed by atoms with van der Waals surface area (Å²) in [5.41, 5.74) is 3.20. The quantitative estimate of drug-likeness (QED) is 0.478. The number of alkyl halides is 5. The minimum Gasteiger partial charge on any atom is -0.369 e. The molecule has 0 heterocycles. The van der Waals surface area contributed by atoms with Gasteiger partial charge in [0.2, 0.25) is 0 Å². The highest BCUT2D eigenvalue weighted by Crippen LogP contribution is 2.26. The molecule has 0 aliphatic carbocycles. The van der Waals surface area contributed by atoms with Gasteiger partial charge in [0, 0.05) is 67.0 Å². The van der Waals surface area contributed by atoms with Crippen LogP contribution >= 0.6 is 58.0 Å². The zero-order valence-corrected chi connectivity index (χ0v) is 16.2. The highest BCUT2D eigenvalue weighted by atomic mass is 35.5. The number of anilines is 2. The monoisotopic (exact) mass is 404 g/mol. The van der Waals surface area contributed by atoms with Gasteiger partial charge in [0.25, 0.3) is 0 Å². The molecular weight excluding hydrogens is 385 g/mol. The summed E-state index contributed by atoms with van der Waals surface area (Å²) in [5, 5.41) is 0. The van der Waals surface area contributed by atoms with Crippen molar-refractivity contribution in [3.8, 4) is 0 Å². The summed E-state index contributed by atoms with van der Waals surface area (Å²) in [4.78, 5) is 4.33. The Morgan fingerprint density at radius 2 is 0.955 bits per heavy atom. The molecule has 1 aromatic carbocycles. The molecular formula is C15H21Cl5N2. The van der Waals surface area contributed by atoms with E-state index in [0.717, 1.165) is 43.1 Å². The largest absolute Gasteiger partial charge is 0.369 e. The van der Waals surface area contributed by atoms with E-state index in [-0.39, 0.29) is 0 Å². The van der Waals surface area contributed by atoms with Crippen molar-refractivity contribution in [1.82, 2.24) is 0 Å². The van der Waals surface area contributed by atoms with Crippen LogP contribution in [0.1, 0.15) is 5.56 Å². The Kier molecular flexibility index (Phi) is 10.9. The maximum atomic E-state index is 6.05. The van der Waals surface area contributed by atoms with Crippen LogP contribution in [0.15, 0.2) is 18.2 Å². The Morgan fingerprint density at radius 1 is 0.591 bits per heavy atom. The molecule has 0 N–H and O–H groups in total. The predicted octanol–water partition coefficient (Wildman–Crippen LogP) is 4.99. The Balaban J connectivity index is 3.14. The van der Waals surface area contributed by atoms with Crippen molar-refractivity contribution in [2.45, 2.75) is 5.88 Å². The summed E-state index contributed by atoms with van der Waals surface area (Å²) >= 11 is 29.7. The smallest absolute Gasteiger partial charge is 0.0475 e. The zero-order valence-electron chi connectivity index (χ0n) is 12.4. The molecule has 7 heteroatoms. The second-order valence-corrected chi connectivity index (χ2v) is 6.50. The molecule has 2 nitrogen and oxygen atoms in total. The first-order valence-corrected chi connectivity index (χ1v) is 9.81. The lowest BCUT2D eigenvalue weighted by Crippen LogP contribution is -2.30. The number of hydrogen-bond acceptors (Lipinski definition) is 2. The Morgan fingerprint density at radius 3 is 1.23 bits per heavy atom. The van der Waals surface area contributed by atoms with Gasteiger partial charge in [-0.15, -0.1) is 58.0 Å². The zero-order chi connectivity index (χ0) is 16.4. The van der Waals surface area contributed by atoms with Crippen LogP contribution in [0.4, 0.5) is 11.4 Å². The molecule has 126 valence electrons. The molecule has 22 heavy (non-hydrogen) atoms. The molecule has 0 amide bonds. The minimum atomic E-state index is 0.450. The van der Waals surface area contributed by atoms with E-state index in [9.17, 15) is 0 Å². The first-order valence-electron chi connectivity index (χ1n) is 7.13. The third-order valence-electron chi connectivity index (χ3n) is 3.26. The molecule has 0 aliphatic heterocycles. The maximum Gasteiger partial charge on any atom is 0.0475 e. The second-order valence-electron chi connectivity index (χ2n) is 4.72. The Bertz CT molecular complexity index is 384. The lowest BCUT2D eigenvalue weighted by Gasteiger charge is -2.28. The summed E-state index contributed by atoms with van der Waals surface area (Å²) < 4.78 is 0. The van der Waals surface area contributed by atoms with E-state index in [0.29, 0.717) is 29.4 Å². The lowest BCUT2D eigenvalue weighted by molar-refractivity contribution is 0.857. The van der Waals surface area contributed by atoms with Gasteiger partial charge < -0.3 is 9.80 Å². The standard InChI is InChI=1S/C15H21Cl5N2/c16-1-5-21(6-2-17)14-9-13(12-20)10-15(11-14)22(7-3-18)8-4-19/h9-11H,1-8,12H2.